The Labute approximate surface area is 130 Å². The van der Waals surface area contributed by atoms with E-state index in [4.69, 9.17) is 9.47 Å². The third kappa shape index (κ3) is 3.78. The maximum atomic E-state index is 13.3. The maximum absolute atomic E-state index is 13.3. The Morgan fingerprint density at radius 1 is 1.33 bits per heavy atom. The lowest BCUT2D eigenvalue weighted by atomic mass is 10.0. The molecule has 1 aromatic heterocycles. The van der Waals surface area contributed by atoms with Gasteiger partial charge in [-0.2, -0.15) is 0 Å². The van der Waals surface area contributed by atoms with Gasteiger partial charge in [0.05, 0.1) is 4.47 Å². The normalized spacial score (nSPS) is 12.2. The van der Waals surface area contributed by atoms with Gasteiger partial charge in [-0.25, -0.2) is 4.39 Å². The van der Waals surface area contributed by atoms with Gasteiger partial charge in [0.2, 0.25) is 0 Å². The number of benzene rings is 1. The summed E-state index contributed by atoms with van der Waals surface area (Å²) in [6, 6.07) is 7.81. The lowest BCUT2D eigenvalue weighted by molar-refractivity contribution is 0.0482. The van der Waals surface area contributed by atoms with Gasteiger partial charge < -0.3 is 14.6 Å². The van der Waals surface area contributed by atoms with Crippen LogP contribution in [-0.4, -0.2) is 24.0 Å². The molecule has 1 unspecified atom stereocenters. The highest BCUT2D eigenvalue weighted by molar-refractivity contribution is 9.10. The lowest BCUT2D eigenvalue weighted by Crippen LogP contribution is -2.09. The number of aromatic nitrogens is 1. The molecule has 1 heterocycles. The third-order valence-corrected chi connectivity index (χ3v) is 3.48. The van der Waals surface area contributed by atoms with Crippen molar-refractivity contribution in [2.24, 2.45) is 0 Å². The quantitative estimate of drug-likeness (QED) is 0.835. The number of aryl methyl sites for hydroxylation is 1. The largest absolute Gasteiger partial charge is 0.466 e. The average molecular weight is 356 g/mol. The summed E-state index contributed by atoms with van der Waals surface area (Å²) in [6.07, 6.45) is -1.02. The van der Waals surface area contributed by atoms with Crippen LogP contribution in [0.15, 0.2) is 34.8 Å². The van der Waals surface area contributed by atoms with Crippen molar-refractivity contribution in [3.8, 4) is 5.75 Å². The maximum Gasteiger partial charge on any atom is 0.188 e. The van der Waals surface area contributed by atoms with Crippen LogP contribution in [0.25, 0.3) is 0 Å². The van der Waals surface area contributed by atoms with E-state index in [1.807, 2.05) is 6.92 Å². The number of aliphatic hydroxyl groups excluding tert-OH is 1. The first kappa shape index (κ1) is 15.9. The van der Waals surface area contributed by atoms with Crippen LogP contribution in [0.3, 0.4) is 0 Å². The number of pyridine rings is 1. The van der Waals surface area contributed by atoms with Crippen molar-refractivity contribution in [2.45, 2.75) is 13.0 Å². The van der Waals surface area contributed by atoms with Crippen LogP contribution in [-0.2, 0) is 4.74 Å². The zero-order valence-electron chi connectivity index (χ0n) is 11.6. The molecule has 21 heavy (non-hydrogen) atoms. The Kier molecular flexibility index (Phi) is 5.27. The van der Waals surface area contributed by atoms with E-state index in [9.17, 15) is 9.50 Å². The number of hydrogen-bond acceptors (Lipinski definition) is 4. The summed E-state index contributed by atoms with van der Waals surface area (Å²) in [5.41, 5.74) is 1.63. The fourth-order valence-corrected chi connectivity index (χ4v) is 2.24. The van der Waals surface area contributed by atoms with E-state index in [1.54, 1.807) is 12.1 Å². The Hall–Kier alpha value is -1.50. The second kappa shape index (κ2) is 6.98. The molecule has 0 bridgehead atoms. The van der Waals surface area contributed by atoms with Crippen molar-refractivity contribution in [1.29, 1.82) is 0 Å². The topological polar surface area (TPSA) is 51.6 Å². The van der Waals surface area contributed by atoms with Gasteiger partial charge in [-0.15, -0.1) is 0 Å². The van der Waals surface area contributed by atoms with Gasteiger partial charge in [0.1, 0.15) is 23.4 Å². The van der Waals surface area contributed by atoms with Crippen LogP contribution < -0.4 is 4.74 Å². The molecule has 4 nitrogen and oxygen atoms in total. The van der Waals surface area contributed by atoms with Crippen LogP contribution in [0.4, 0.5) is 4.39 Å². The molecule has 0 aliphatic heterocycles. The first-order valence-electron chi connectivity index (χ1n) is 6.25. The number of hydrogen-bond donors (Lipinski definition) is 1. The predicted molar refractivity (Wildman–Crippen MR) is 79.6 cm³/mol. The van der Waals surface area contributed by atoms with E-state index in [0.29, 0.717) is 17.0 Å². The number of rotatable bonds is 5. The first-order valence-corrected chi connectivity index (χ1v) is 7.04. The lowest BCUT2D eigenvalue weighted by Gasteiger charge is -2.16. The molecule has 1 aromatic carbocycles. The van der Waals surface area contributed by atoms with Gasteiger partial charge in [-0.1, -0.05) is 6.07 Å². The van der Waals surface area contributed by atoms with E-state index in [2.05, 4.69) is 20.9 Å². The average Bonchev–Trinajstić information content (AvgIpc) is 2.48. The Balaban J connectivity index is 2.38. The molecule has 0 fully saturated rings. The molecule has 0 radical (unpaired) electrons. The second-order valence-corrected chi connectivity index (χ2v) is 5.32. The van der Waals surface area contributed by atoms with Crippen molar-refractivity contribution < 1.29 is 19.0 Å². The summed E-state index contributed by atoms with van der Waals surface area (Å²) >= 11 is 3.10. The van der Waals surface area contributed by atoms with Gasteiger partial charge in [-0.05, 0) is 52.7 Å². The number of methoxy groups -OCH3 is 1. The van der Waals surface area contributed by atoms with Crippen LogP contribution in [0.1, 0.15) is 23.1 Å². The minimum atomic E-state index is -1.02. The van der Waals surface area contributed by atoms with Crippen LogP contribution in [0.5, 0.6) is 5.75 Å². The molecule has 2 aromatic rings. The molecule has 0 aliphatic rings. The number of ether oxygens (including phenoxy) is 2. The van der Waals surface area contributed by atoms with Crippen LogP contribution in [0, 0.1) is 12.7 Å². The summed E-state index contributed by atoms with van der Waals surface area (Å²) < 4.78 is 23.8. The van der Waals surface area contributed by atoms with E-state index < -0.39 is 6.10 Å². The smallest absolute Gasteiger partial charge is 0.188 e. The van der Waals surface area contributed by atoms with E-state index in [0.717, 1.165) is 5.69 Å². The number of nitrogens with zero attached hydrogens (tertiary/aromatic N) is 1. The molecule has 1 atom stereocenters. The molecule has 0 saturated carbocycles. The number of halogens is 2. The van der Waals surface area contributed by atoms with Crippen molar-refractivity contribution in [2.75, 3.05) is 13.9 Å². The first-order chi connectivity index (χ1) is 10.0. The van der Waals surface area contributed by atoms with Gasteiger partial charge >= 0.3 is 0 Å². The van der Waals surface area contributed by atoms with Crippen LogP contribution >= 0.6 is 15.9 Å². The van der Waals surface area contributed by atoms with E-state index >= 15 is 0 Å². The standard InChI is InChI=1S/C15H15BrFNO3/c1-9-3-6-13(21-8-20-2)14(18-9)15(19)10-4-5-12(17)11(16)7-10/h3-7,15,19H,8H2,1-2H3. The molecule has 6 heteroatoms. The molecule has 0 aliphatic carbocycles. The summed E-state index contributed by atoms with van der Waals surface area (Å²) in [5, 5.41) is 10.5. The van der Waals surface area contributed by atoms with Crippen molar-refractivity contribution >= 4 is 15.9 Å². The van der Waals surface area contributed by atoms with Gasteiger partial charge in [0.15, 0.2) is 6.79 Å². The summed E-state index contributed by atoms with van der Waals surface area (Å²) in [6.45, 7) is 1.87. The summed E-state index contributed by atoms with van der Waals surface area (Å²) in [5.74, 6) is 0.0365. The highest BCUT2D eigenvalue weighted by atomic mass is 79.9. The number of aliphatic hydroxyl groups is 1. The van der Waals surface area contributed by atoms with E-state index in [-0.39, 0.29) is 17.1 Å². The van der Waals surface area contributed by atoms with Gasteiger partial charge in [0, 0.05) is 12.8 Å². The molecule has 1 N–H and O–H groups in total. The van der Waals surface area contributed by atoms with Crippen molar-refractivity contribution in [3.63, 3.8) is 0 Å². The Morgan fingerprint density at radius 3 is 2.76 bits per heavy atom. The Morgan fingerprint density at radius 2 is 2.10 bits per heavy atom. The fourth-order valence-electron chi connectivity index (χ4n) is 1.84. The van der Waals surface area contributed by atoms with Gasteiger partial charge in [-0.3, -0.25) is 4.98 Å². The minimum Gasteiger partial charge on any atom is -0.466 e. The monoisotopic (exact) mass is 355 g/mol. The Bertz CT molecular complexity index is 636. The van der Waals surface area contributed by atoms with Gasteiger partial charge in [0.25, 0.3) is 0 Å². The zero-order valence-corrected chi connectivity index (χ0v) is 13.2. The fraction of sp³-hybridized carbons (Fsp3) is 0.267. The minimum absolute atomic E-state index is 0.0531. The highest BCUT2D eigenvalue weighted by Gasteiger charge is 2.19. The SMILES string of the molecule is COCOc1ccc(C)nc1C(O)c1ccc(F)c(Br)c1. The molecule has 0 amide bonds. The summed E-state index contributed by atoms with van der Waals surface area (Å²) in [4.78, 5) is 4.31. The second-order valence-electron chi connectivity index (χ2n) is 4.46. The molecular formula is C15H15BrFNO3. The molecular weight excluding hydrogens is 341 g/mol. The molecule has 112 valence electrons. The molecule has 2 rings (SSSR count). The molecule has 0 saturated heterocycles. The van der Waals surface area contributed by atoms with Crippen molar-refractivity contribution in [1.82, 2.24) is 4.98 Å². The van der Waals surface area contributed by atoms with E-state index in [1.165, 1.54) is 25.3 Å². The highest BCUT2D eigenvalue weighted by Crippen LogP contribution is 2.30. The van der Waals surface area contributed by atoms with Crippen LogP contribution in [0.2, 0.25) is 0 Å². The zero-order chi connectivity index (χ0) is 15.4. The predicted octanol–water partition coefficient (Wildman–Crippen LogP) is 3.36. The van der Waals surface area contributed by atoms with Crippen molar-refractivity contribution in [3.05, 3.63) is 57.6 Å². The molecule has 0 spiro atoms. The summed E-state index contributed by atoms with van der Waals surface area (Å²) in [7, 11) is 1.51. The third-order valence-electron chi connectivity index (χ3n) is 2.88.